The fourth-order valence-corrected chi connectivity index (χ4v) is 10.8. The maximum atomic E-state index is 6.79. The number of aryl methyl sites for hydroxylation is 2. The third kappa shape index (κ3) is 3.78. The average molecular weight is 508 g/mol. The molecule has 2 heterocycles. The second kappa shape index (κ2) is 8.13. The predicted octanol–water partition coefficient (Wildman–Crippen LogP) is 7.38. The van der Waals surface area contributed by atoms with Gasteiger partial charge >= 0.3 is 206 Å². The summed E-state index contributed by atoms with van der Waals surface area (Å²) in [5, 5.41) is 3.72. The summed E-state index contributed by atoms with van der Waals surface area (Å²) in [6.07, 6.45) is 1.93. The van der Waals surface area contributed by atoms with E-state index in [0.29, 0.717) is 0 Å². The molecule has 0 unspecified atom stereocenters. The quantitative estimate of drug-likeness (QED) is 0.238. The van der Waals surface area contributed by atoms with Gasteiger partial charge in [-0.15, -0.1) is 0 Å². The van der Waals surface area contributed by atoms with Crippen molar-refractivity contribution < 1.29 is 4.42 Å². The molecule has 3 aromatic carbocycles. The number of pyridine rings is 1. The van der Waals surface area contributed by atoms with Gasteiger partial charge in [-0.3, -0.25) is 0 Å². The Hall–Kier alpha value is -2.85. The summed E-state index contributed by atoms with van der Waals surface area (Å²) < 4.78 is 9.41. The Morgan fingerprint density at radius 2 is 1.53 bits per heavy atom. The van der Waals surface area contributed by atoms with Crippen molar-refractivity contribution in [2.45, 2.75) is 51.5 Å². The first kappa shape index (κ1) is 22.9. The molecule has 172 valence electrons. The van der Waals surface area contributed by atoms with Gasteiger partial charge in [0.25, 0.3) is 0 Å². The third-order valence-corrected chi connectivity index (χ3v) is 14.2. The molecule has 0 aliphatic heterocycles. The summed E-state index contributed by atoms with van der Waals surface area (Å²) >= 11 is -2.62. The summed E-state index contributed by atoms with van der Waals surface area (Å²) in [5.41, 5.74) is 6.88. The second-order valence-electron chi connectivity index (χ2n) is 11.1. The fourth-order valence-electron chi connectivity index (χ4n) is 5.12. The van der Waals surface area contributed by atoms with Crippen LogP contribution >= 0.6 is 0 Å². The van der Waals surface area contributed by atoms with Gasteiger partial charge in [-0.25, -0.2) is 0 Å². The monoisotopic (exact) mass is 509 g/mol. The average Bonchev–Trinajstić information content (AvgIpc) is 3.15. The van der Waals surface area contributed by atoms with Crippen molar-refractivity contribution in [2.75, 3.05) is 0 Å². The molecule has 3 heteroatoms. The van der Waals surface area contributed by atoms with Crippen molar-refractivity contribution in [2.24, 2.45) is 0 Å². The van der Waals surface area contributed by atoms with Crippen LogP contribution in [0, 0.1) is 13.8 Å². The number of rotatable bonds is 3. The molecule has 0 bridgehead atoms. The van der Waals surface area contributed by atoms with E-state index in [1.165, 1.54) is 41.8 Å². The normalized spacial score (nSPS) is 12.6. The molecule has 34 heavy (non-hydrogen) atoms. The molecule has 0 amide bonds. The van der Waals surface area contributed by atoms with Crippen LogP contribution in [0.2, 0.25) is 11.5 Å². The van der Waals surface area contributed by atoms with Gasteiger partial charge in [0.1, 0.15) is 0 Å². The Kier molecular flexibility index (Phi) is 5.48. The van der Waals surface area contributed by atoms with E-state index in [4.69, 9.17) is 9.40 Å². The third-order valence-electron chi connectivity index (χ3n) is 7.14. The molecular weight excluding hydrogens is 475 g/mol. The summed E-state index contributed by atoms with van der Waals surface area (Å²) in [7, 11) is 0. The molecule has 0 fully saturated rings. The van der Waals surface area contributed by atoms with Crippen LogP contribution in [-0.4, -0.2) is 18.3 Å². The van der Waals surface area contributed by atoms with Crippen LogP contribution in [0.1, 0.15) is 37.5 Å². The number of aromatic nitrogens is 1. The zero-order valence-electron chi connectivity index (χ0n) is 21.3. The molecule has 0 radical (unpaired) electrons. The molecule has 2 aromatic heterocycles. The zero-order chi connectivity index (χ0) is 24.3. The van der Waals surface area contributed by atoms with E-state index in [-0.39, 0.29) is 5.41 Å². The van der Waals surface area contributed by atoms with Gasteiger partial charge < -0.3 is 0 Å². The van der Waals surface area contributed by atoms with E-state index >= 15 is 0 Å². The minimum atomic E-state index is -2.62. The van der Waals surface area contributed by atoms with Crippen LogP contribution in [0.3, 0.4) is 0 Å². The van der Waals surface area contributed by atoms with Crippen molar-refractivity contribution in [3.63, 3.8) is 0 Å². The summed E-state index contributed by atoms with van der Waals surface area (Å²) in [6.45, 7) is 11.2. The first-order valence-corrected chi connectivity index (χ1v) is 18.4. The molecule has 0 saturated heterocycles. The van der Waals surface area contributed by atoms with Crippen molar-refractivity contribution in [3.05, 3.63) is 89.6 Å². The molecule has 2 nitrogen and oxygen atoms in total. The van der Waals surface area contributed by atoms with Gasteiger partial charge in [-0.2, -0.15) is 0 Å². The van der Waals surface area contributed by atoms with Crippen molar-refractivity contribution in [3.8, 4) is 11.3 Å². The number of benzene rings is 3. The van der Waals surface area contributed by atoms with Crippen LogP contribution < -0.4 is 8.99 Å². The molecule has 0 N–H and O–H groups in total. The topological polar surface area (TPSA) is 26.0 Å². The van der Waals surface area contributed by atoms with Crippen LogP contribution in [-0.2, 0) is 5.41 Å². The Morgan fingerprint density at radius 1 is 0.824 bits per heavy atom. The molecule has 0 aliphatic rings. The summed E-state index contributed by atoms with van der Waals surface area (Å²) in [5.74, 6) is 4.85. The molecule has 0 saturated carbocycles. The summed E-state index contributed by atoms with van der Waals surface area (Å²) in [4.78, 5) is 4.86. The Bertz CT molecular complexity index is 1520. The second-order valence-corrected chi connectivity index (χ2v) is 20.1. The number of furan rings is 1. The molecule has 5 aromatic rings. The van der Waals surface area contributed by atoms with Crippen molar-refractivity contribution in [1.82, 2.24) is 4.98 Å². The van der Waals surface area contributed by atoms with Crippen LogP contribution in [0.15, 0.2) is 77.3 Å². The standard InChI is InChI=1S/C31H33GeNO/c1-20-12-14-24(15-13-20)32(6,7)30-21(2)25-16-17-33-28(29(25)34-30)23-18-22-10-8-9-11-26(22)27(19-23)31(3,4)5/h8-19H,1-7H3. The van der Waals surface area contributed by atoms with Gasteiger partial charge in [0.15, 0.2) is 0 Å². The van der Waals surface area contributed by atoms with Crippen LogP contribution in [0.25, 0.3) is 33.0 Å². The first-order valence-electron chi connectivity index (χ1n) is 12.1. The first-order chi connectivity index (χ1) is 16.1. The number of fused-ring (bicyclic) bond motifs is 2. The van der Waals surface area contributed by atoms with Crippen molar-refractivity contribution in [1.29, 1.82) is 0 Å². The van der Waals surface area contributed by atoms with E-state index in [1.807, 2.05) is 6.20 Å². The molecule has 0 aliphatic carbocycles. The van der Waals surface area contributed by atoms with Crippen molar-refractivity contribution >= 4 is 44.0 Å². The van der Waals surface area contributed by atoms with E-state index < -0.39 is 13.3 Å². The van der Waals surface area contributed by atoms with E-state index in [0.717, 1.165) is 16.8 Å². The molecule has 5 rings (SSSR count). The van der Waals surface area contributed by atoms with Gasteiger partial charge in [-0.1, -0.05) is 0 Å². The van der Waals surface area contributed by atoms with Crippen LogP contribution in [0.5, 0.6) is 0 Å². The maximum absolute atomic E-state index is 6.79. The molecule has 0 atom stereocenters. The Balaban J connectivity index is 1.74. The Labute approximate surface area is 205 Å². The van der Waals surface area contributed by atoms with Gasteiger partial charge in [0.05, 0.1) is 0 Å². The number of nitrogens with zero attached hydrogens (tertiary/aromatic N) is 1. The zero-order valence-corrected chi connectivity index (χ0v) is 23.4. The number of hydrogen-bond acceptors (Lipinski definition) is 2. The Morgan fingerprint density at radius 3 is 2.24 bits per heavy atom. The van der Waals surface area contributed by atoms with E-state index in [1.54, 1.807) is 0 Å². The molecule has 0 spiro atoms. The van der Waals surface area contributed by atoms with Crippen LogP contribution in [0.4, 0.5) is 0 Å². The number of hydrogen-bond donors (Lipinski definition) is 0. The van der Waals surface area contributed by atoms with Gasteiger partial charge in [-0.05, 0) is 0 Å². The predicted molar refractivity (Wildman–Crippen MR) is 148 cm³/mol. The molecular formula is C31H33GeNO. The van der Waals surface area contributed by atoms with E-state index in [9.17, 15) is 0 Å². The van der Waals surface area contributed by atoms with Gasteiger partial charge in [0.2, 0.25) is 0 Å². The SMILES string of the molecule is Cc1cc[c]([Ge]([CH3])([CH3])[c]2oc3c(-c4cc(C(C)(C)C)c5ccccc5c4)nccc3c2C)cc1. The fraction of sp³-hybridized carbons (Fsp3) is 0.258. The van der Waals surface area contributed by atoms with Gasteiger partial charge in [0, 0.05) is 0 Å². The summed E-state index contributed by atoms with van der Waals surface area (Å²) in [6, 6.07) is 24.4. The minimum absolute atomic E-state index is 0.0243. The van der Waals surface area contributed by atoms with E-state index in [2.05, 4.69) is 113 Å².